The summed E-state index contributed by atoms with van der Waals surface area (Å²) in [5.74, 6) is -0.203. The second-order valence-corrected chi connectivity index (χ2v) is 10.0. The van der Waals surface area contributed by atoms with E-state index in [1.807, 2.05) is 31.3 Å². The molecule has 0 spiro atoms. The summed E-state index contributed by atoms with van der Waals surface area (Å²) >= 11 is 0. The summed E-state index contributed by atoms with van der Waals surface area (Å²) in [7, 11) is 1.83. The van der Waals surface area contributed by atoms with Gasteiger partial charge in [0.2, 0.25) is 0 Å². The third-order valence-electron chi connectivity index (χ3n) is 5.85. The Morgan fingerprint density at radius 1 is 0.897 bits per heavy atom. The van der Waals surface area contributed by atoms with Crippen molar-refractivity contribution in [3.05, 3.63) is 63.7 Å². The van der Waals surface area contributed by atoms with E-state index in [1.54, 1.807) is 4.57 Å². The number of carbonyl (C=O) groups is 1. The van der Waals surface area contributed by atoms with E-state index in [-0.39, 0.29) is 22.6 Å². The van der Waals surface area contributed by atoms with Crippen LogP contribution in [0.4, 0.5) is 0 Å². The lowest BCUT2D eigenvalue weighted by Gasteiger charge is -2.19. The number of aromatic nitrogens is 1. The molecular formula is C25H28N2O2. The summed E-state index contributed by atoms with van der Waals surface area (Å²) < 4.78 is 1.75. The summed E-state index contributed by atoms with van der Waals surface area (Å²) in [4.78, 5) is 17.2. The maximum Gasteiger partial charge on any atom is 0.279 e. The van der Waals surface area contributed by atoms with E-state index in [0.717, 1.165) is 21.7 Å². The first-order chi connectivity index (χ1) is 13.4. The van der Waals surface area contributed by atoms with Gasteiger partial charge in [-0.05, 0) is 34.1 Å². The summed E-state index contributed by atoms with van der Waals surface area (Å²) in [6.07, 6.45) is 0. The molecule has 1 N–H and O–H groups in total. The number of nitrogens with zero attached hydrogens (tertiary/aromatic N) is 2. The van der Waals surface area contributed by atoms with E-state index in [1.165, 1.54) is 5.56 Å². The van der Waals surface area contributed by atoms with Crippen molar-refractivity contribution in [2.24, 2.45) is 12.0 Å². The molecule has 4 rings (SSSR count). The Bertz CT molecular complexity index is 1300. The van der Waals surface area contributed by atoms with E-state index in [0.29, 0.717) is 16.5 Å². The van der Waals surface area contributed by atoms with E-state index in [4.69, 9.17) is 0 Å². The second-order valence-electron chi connectivity index (χ2n) is 10.0. The third-order valence-corrected chi connectivity index (χ3v) is 5.85. The molecule has 150 valence electrons. The van der Waals surface area contributed by atoms with Crippen LogP contribution in [0.25, 0.3) is 16.5 Å². The highest BCUT2D eigenvalue weighted by atomic mass is 16.3. The van der Waals surface area contributed by atoms with Crippen molar-refractivity contribution in [1.82, 2.24) is 4.57 Å². The molecule has 1 aliphatic heterocycles. The molecule has 0 saturated heterocycles. The van der Waals surface area contributed by atoms with E-state index in [2.05, 4.69) is 58.7 Å². The molecule has 1 amide bonds. The van der Waals surface area contributed by atoms with E-state index < -0.39 is 0 Å². The van der Waals surface area contributed by atoms with Crippen LogP contribution < -0.4 is 10.6 Å². The van der Waals surface area contributed by atoms with Crippen LogP contribution in [-0.2, 0) is 22.7 Å². The Labute approximate surface area is 171 Å². The van der Waals surface area contributed by atoms with Gasteiger partial charge in [-0.3, -0.25) is 4.79 Å². The van der Waals surface area contributed by atoms with E-state index >= 15 is 0 Å². The maximum atomic E-state index is 12.9. The van der Waals surface area contributed by atoms with Gasteiger partial charge in [-0.25, -0.2) is 4.99 Å². The summed E-state index contributed by atoms with van der Waals surface area (Å²) in [6.45, 7) is 12.9. The SMILES string of the molecule is Cn1c(O)c(C2=c3ccc(C(C)(C)C)cc3=NC2=O)c2ccc(C(C)(C)C)cc21. The predicted octanol–water partition coefficient (Wildman–Crippen LogP) is 3.84. The minimum Gasteiger partial charge on any atom is -0.494 e. The van der Waals surface area contributed by atoms with Crippen molar-refractivity contribution < 1.29 is 9.90 Å². The maximum absolute atomic E-state index is 12.9. The van der Waals surface area contributed by atoms with Gasteiger partial charge in [0, 0.05) is 17.7 Å². The fourth-order valence-corrected chi connectivity index (χ4v) is 3.96. The fourth-order valence-electron chi connectivity index (χ4n) is 3.96. The molecule has 2 aromatic carbocycles. The first kappa shape index (κ1) is 19.4. The zero-order valence-corrected chi connectivity index (χ0v) is 18.2. The molecule has 0 unspecified atom stereocenters. The molecule has 1 aromatic heterocycles. The Hall–Kier alpha value is -2.88. The van der Waals surface area contributed by atoms with Gasteiger partial charge in [-0.2, -0.15) is 0 Å². The van der Waals surface area contributed by atoms with Crippen LogP contribution in [0.5, 0.6) is 5.88 Å². The first-order valence-electron chi connectivity index (χ1n) is 10.00. The van der Waals surface area contributed by atoms with Crippen molar-refractivity contribution in [3.8, 4) is 5.88 Å². The highest BCUT2D eigenvalue weighted by molar-refractivity contribution is 6.25. The Balaban J connectivity index is 2.04. The first-order valence-corrected chi connectivity index (χ1v) is 10.00. The average molecular weight is 389 g/mol. The van der Waals surface area contributed by atoms with Gasteiger partial charge in [-0.1, -0.05) is 65.8 Å². The van der Waals surface area contributed by atoms with Crippen molar-refractivity contribution >= 4 is 22.4 Å². The minimum atomic E-state index is -0.297. The molecule has 3 aromatic rings. The molecular weight excluding hydrogens is 360 g/mol. The Morgan fingerprint density at radius 3 is 2.10 bits per heavy atom. The minimum absolute atomic E-state index is 0.00411. The van der Waals surface area contributed by atoms with Gasteiger partial charge in [0.05, 0.1) is 22.0 Å². The monoisotopic (exact) mass is 388 g/mol. The smallest absolute Gasteiger partial charge is 0.279 e. The number of hydrogen-bond acceptors (Lipinski definition) is 2. The number of aromatic hydroxyl groups is 1. The van der Waals surface area contributed by atoms with E-state index in [9.17, 15) is 9.90 Å². The molecule has 0 bridgehead atoms. The van der Waals surface area contributed by atoms with Gasteiger partial charge in [0.15, 0.2) is 5.88 Å². The fraction of sp³-hybridized carbons (Fsp3) is 0.360. The molecule has 0 fully saturated rings. The van der Waals surface area contributed by atoms with Crippen LogP contribution in [0.3, 0.4) is 0 Å². The number of rotatable bonds is 1. The van der Waals surface area contributed by atoms with Crippen LogP contribution in [0, 0.1) is 0 Å². The van der Waals surface area contributed by atoms with Gasteiger partial charge >= 0.3 is 0 Å². The van der Waals surface area contributed by atoms with Gasteiger partial charge in [0.1, 0.15) is 0 Å². The number of aryl methyl sites for hydroxylation is 1. The molecule has 0 atom stereocenters. The highest BCUT2D eigenvalue weighted by Gasteiger charge is 2.28. The Kier molecular flexibility index (Phi) is 4.06. The number of benzene rings is 2. The zero-order chi connectivity index (χ0) is 21.3. The number of amides is 1. The molecule has 1 aliphatic rings. The zero-order valence-electron chi connectivity index (χ0n) is 18.2. The van der Waals surface area contributed by atoms with Crippen molar-refractivity contribution in [1.29, 1.82) is 0 Å². The van der Waals surface area contributed by atoms with Gasteiger partial charge in [0.25, 0.3) is 5.91 Å². The molecule has 0 radical (unpaired) electrons. The second kappa shape index (κ2) is 6.06. The number of fused-ring (bicyclic) bond motifs is 2. The quantitative estimate of drug-likeness (QED) is 0.689. The molecule has 4 heteroatoms. The lowest BCUT2D eigenvalue weighted by molar-refractivity contribution is -0.112. The van der Waals surface area contributed by atoms with Crippen molar-refractivity contribution in [2.45, 2.75) is 52.4 Å². The van der Waals surface area contributed by atoms with Crippen LogP contribution in [0.1, 0.15) is 58.2 Å². The largest absolute Gasteiger partial charge is 0.494 e. The van der Waals surface area contributed by atoms with Crippen LogP contribution in [0.15, 0.2) is 41.4 Å². The lowest BCUT2D eigenvalue weighted by atomic mass is 9.86. The molecule has 29 heavy (non-hydrogen) atoms. The van der Waals surface area contributed by atoms with Crippen molar-refractivity contribution in [2.75, 3.05) is 0 Å². The van der Waals surface area contributed by atoms with Crippen molar-refractivity contribution in [3.63, 3.8) is 0 Å². The topological polar surface area (TPSA) is 54.6 Å². The summed E-state index contributed by atoms with van der Waals surface area (Å²) in [6, 6.07) is 12.2. The molecule has 4 nitrogen and oxygen atoms in total. The predicted molar refractivity (Wildman–Crippen MR) is 117 cm³/mol. The summed E-state index contributed by atoms with van der Waals surface area (Å²) in [5.41, 5.74) is 4.23. The normalized spacial score (nSPS) is 14.4. The standard InChI is InChI=1S/C25H28N2O2/c1-24(2,3)14-8-10-16-18(12-14)26-22(28)20(16)21-17-11-9-15(25(4,5)6)13-19(17)27(7)23(21)29/h8-13,29H,1-7H3. The molecule has 2 heterocycles. The average Bonchev–Trinajstić information content (AvgIpc) is 3.06. The Morgan fingerprint density at radius 2 is 1.48 bits per heavy atom. The van der Waals surface area contributed by atoms with Gasteiger partial charge in [-0.15, -0.1) is 0 Å². The number of hydrogen-bond donors (Lipinski definition) is 1. The van der Waals surface area contributed by atoms with Gasteiger partial charge < -0.3 is 9.67 Å². The molecule has 0 saturated carbocycles. The number of carbonyl (C=O) groups excluding carboxylic acids is 1. The highest BCUT2D eigenvalue weighted by Crippen LogP contribution is 2.37. The third kappa shape index (κ3) is 2.98. The molecule has 0 aliphatic carbocycles. The lowest BCUT2D eigenvalue weighted by Crippen LogP contribution is -2.26. The van der Waals surface area contributed by atoms with Crippen LogP contribution in [0.2, 0.25) is 0 Å². The van der Waals surface area contributed by atoms with Crippen LogP contribution >= 0.6 is 0 Å². The summed E-state index contributed by atoms with van der Waals surface area (Å²) in [5, 5.41) is 13.3. The van der Waals surface area contributed by atoms with Crippen LogP contribution in [-0.4, -0.2) is 15.6 Å².